The number of anilines is 1. The SMILES string of the molecule is Nc1nc2c(c(C(=O)O)n1)C(=O)CC2. The largest absolute Gasteiger partial charge is 0.476 e. The number of rotatable bonds is 1. The topological polar surface area (TPSA) is 106 Å². The second-order valence-electron chi connectivity index (χ2n) is 2.98. The van der Waals surface area contributed by atoms with E-state index in [2.05, 4.69) is 9.97 Å². The van der Waals surface area contributed by atoms with Crippen LogP contribution in [0.1, 0.15) is 33.0 Å². The molecule has 1 aromatic heterocycles. The first-order chi connectivity index (χ1) is 6.59. The number of ketones is 1. The van der Waals surface area contributed by atoms with Crippen LogP contribution < -0.4 is 5.73 Å². The Morgan fingerprint density at radius 2 is 2.07 bits per heavy atom. The summed E-state index contributed by atoms with van der Waals surface area (Å²) in [5, 5.41) is 8.79. The molecule has 72 valence electrons. The minimum absolute atomic E-state index is 0.101. The maximum atomic E-state index is 11.3. The normalized spacial score (nSPS) is 14.1. The van der Waals surface area contributed by atoms with Crippen molar-refractivity contribution in [1.29, 1.82) is 0 Å². The number of aromatic carboxylic acids is 1. The zero-order chi connectivity index (χ0) is 10.3. The molecule has 0 fully saturated rings. The Hall–Kier alpha value is -1.98. The van der Waals surface area contributed by atoms with E-state index in [4.69, 9.17) is 10.8 Å². The van der Waals surface area contributed by atoms with E-state index in [0.717, 1.165) is 0 Å². The van der Waals surface area contributed by atoms with Crippen LogP contribution in [-0.2, 0) is 6.42 Å². The van der Waals surface area contributed by atoms with Gasteiger partial charge in [0.15, 0.2) is 11.5 Å². The number of carbonyl (C=O) groups is 2. The van der Waals surface area contributed by atoms with Gasteiger partial charge in [0.1, 0.15) is 0 Å². The molecule has 0 atom stereocenters. The highest BCUT2D eigenvalue weighted by molar-refractivity contribution is 6.07. The predicted molar refractivity (Wildman–Crippen MR) is 46.1 cm³/mol. The van der Waals surface area contributed by atoms with Gasteiger partial charge in [0.25, 0.3) is 0 Å². The van der Waals surface area contributed by atoms with Crippen LogP contribution in [0.25, 0.3) is 0 Å². The average molecular weight is 193 g/mol. The third-order valence-electron chi connectivity index (χ3n) is 2.07. The van der Waals surface area contributed by atoms with Crippen molar-refractivity contribution >= 4 is 17.7 Å². The predicted octanol–water partition coefficient (Wildman–Crippen LogP) is -0.114. The third-order valence-corrected chi connectivity index (χ3v) is 2.07. The van der Waals surface area contributed by atoms with Crippen LogP contribution in [0, 0.1) is 0 Å². The number of hydrogen-bond donors (Lipinski definition) is 2. The van der Waals surface area contributed by atoms with Crippen molar-refractivity contribution in [2.24, 2.45) is 0 Å². The molecular formula is C8H7N3O3. The van der Waals surface area contributed by atoms with Crippen molar-refractivity contribution in [3.8, 4) is 0 Å². The van der Waals surface area contributed by atoms with Gasteiger partial charge >= 0.3 is 5.97 Å². The number of hydrogen-bond acceptors (Lipinski definition) is 5. The van der Waals surface area contributed by atoms with E-state index >= 15 is 0 Å². The zero-order valence-electron chi connectivity index (χ0n) is 7.15. The molecule has 0 saturated heterocycles. The molecule has 0 bridgehead atoms. The van der Waals surface area contributed by atoms with Gasteiger partial charge in [0.05, 0.1) is 11.3 Å². The molecular weight excluding hydrogens is 186 g/mol. The second-order valence-corrected chi connectivity index (χ2v) is 2.98. The van der Waals surface area contributed by atoms with Crippen LogP contribution in [0.2, 0.25) is 0 Å². The molecule has 1 aliphatic rings. The van der Waals surface area contributed by atoms with Crippen molar-refractivity contribution in [2.75, 3.05) is 5.73 Å². The minimum atomic E-state index is -1.24. The molecule has 3 N–H and O–H groups in total. The van der Waals surface area contributed by atoms with Gasteiger partial charge in [-0.1, -0.05) is 0 Å². The van der Waals surface area contributed by atoms with Crippen LogP contribution in [-0.4, -0.2) is 26.8 Å². The molecule has 6 heteroatoms. The molecule has 1 aliphatic carbocycles. The quantitative estimate of drug-likeness (QED) is 0.644. The average Bonchev–Trinajstić information content (AvgIpc) is 2.46. The summed E-state index contributed by atoms with van der Waals surface area (Å²) < 4.78 is 0. The fourth-order valence-electron chi connectivity index (χ4n) is 1.51. The number of fused-ring (bicyclic) bond motifs is 1. The highest BCUT2D eigenvalue weighted by atomic mass is 16.4. The van der Waals surface area contributed by atoms with Crippen molar-refractivity contribution in [3.63, 3.8) is 0 Å². The summed E-state index contributed by atoms with van der Waals surface area (Å²) in [4.78, 5) is 29.4. The van der Waals surface area contributed by atoms with Gasteiger partial charge in [-0.3, -0.25) is 4.79 Å². The number of nitrogen functional groups attached to an aromatic ring is 1. The summed E-state index contributed by atoms with van der Waals surface area (Å²) in [6, 6.07) is 0. The summed E-state index contributed by atoms with van der Waals surface area (Å²) in [6.07, 6.45) is 0.731. The van der Waals surface area contributed by atoms with Crippen LogP contribution in [0.3, 0.4) is 0 Å². The van der Waals surface area contributed by atoms with Crippen LogP contribution >= 0.6 is 0 Å². The zero-order valence-corrected chi connectivity index (χ0v) is 7.15. The van der Waals surface area contributed by atoms with Crippen molar-refractivity contribution in [2.45, 2.75) is 12.8 Å². The van der Waals surface area contributed by atoms with Gasteiger partial charge in [-0.15, -0.1) is 0 Å². The Kier molecular flexibility index (Phi) is 1.70. The van der Waals surface area contributed by atoms with E-state index in [1.165, 1.54) is 0 Å². The molecule has 0 saturated carbocycles. The number of aromatic nitrogens is 2. The Labute approximate surface area is 78.8 Å². The molecule has 6 nitrogen and oxygen atoms in total. The smallest absolute Gasteiger partial charge is 0.355 e. The number of carboxylic acids is 1. The maximum Gasteiger partial charge on any atom is 0.355 e. The third kappa shape index (κ3) is 1.12. The van der Waals surface area contributed by atoms with Crippen LogP contribution in [0.15, 0.2) is 0 Å². The molecule has 1 heterocycles. The van der Waals surface area contributed by atoms with Gasteiger partial charge < -0.3 is 10.8 Å². The molecule has 0 spiro atoms. The maximum absolute atomic E-state index is 11.3. The first-order valence-electron chi connectivity index (χ1n) is 4.02. The van der Waals surface area contributed by atoms with E-state index < -0.39 is 5.97 Å². The second kappa shape index (κ2) is 2.76. The fourth-order valence-corrected chi connectivity index (χ4v) is 1.51. The summed E-state index contributed by atoms with van der Waals surface area (Å²) in [6.45, 7) is 0. The van der Waals surface area contributed by atoms with Crippen molar-refractivity contribution in [3.05, 3.63) is 17.0 Å². The van der Waals surface area contributed by atoms with E-state index in [1.807, 2.05) is 0 Å². The number of nitrogens with two attached hydrogens (primary N) is 1. The molecule has 0 unspecified atom stereocenters. The molecule has 0 aliphatic heterocycles. The number of carbonyl (C=O) groups excluding carboxylic acids is 1. The number of nitrogens with zero attached hydrogens (tertiary/aromatic N) is 2. The molecule has 1 aromatic rings. The van der Waals surface area contributed by atoms with Crippen LogP contribution in [0.5, 0.6) is 0 Å². The van der Waals surface area contributed by atoms with Crippen molar-refractivity contribution in [1.82, 2.24) is 9.97 Å². The van der Waals surface area contributed by atoms with Gasteiger partial charge in [-0.2, -0.15) is 0 Å². The lowest BCUT2D eigenvalue weighted by atomic mass is 10.1. The van der Waals surface area contributed by atoms with E-state index in [1.54, 1.807) is 0 Å². The van der Waals surface area contributed by atoms with Gasteiger partial charge in [0, 0.05) is 6.42 Å². The highest BCUT2D eigenvalue weighted by Gasteiger charge is 2.28. The fraction of sp³-hybridized carbons (Fsp3) is 0.250. The standard InChI is InChI=1S/C8H7N3O3/c9-8-10-3-1-2-4(12)5(3)6(11-8)7(13)14/h1-2H2,(H,13,14)(H2,9,10,11). The lowest BCUT2D eigenvalue weighted by Gasteiger charge is -2.02. The van der Waals surface area contributed by atoms with E-state index in [0.29, 0.717) is 12.1 Å². The Balaban J connectivity index is 2.71. The molecule has 14 heavy (non-hydrogen) atoms. The van der Waals surface area contributed by atoms with Crippen LogP contribution in [0.4, 0.5) is 5.95 Å². The Morgan fingerprint density at radius 1 is 1.36 bits per heavy atom. The summed E-state index contributed by atoms with van der Waals surface area (Å²) in [5.74, 6) is -1.57. The molecule has 0 amide bonds. The number of aryl methyl sites for hydroxylation is 1. The van der Waals surface area contributed by atoms with Gasteiger partial charge in [0.2, 0.25) is 5.95 Å². The first kappa shape index (κ1) is 8.61. The lowest BCUT2D eigenvalue weighted by molar-refractivity contribution is 0.0685. The number of carboxylic acid groups (broad SMARTS) is 1. The Bertz CT molecular complexity index is 442. The lowest BCUT2D eigenvalue weighted by Crippen LogP contribution is -2.12. The summed E-state index contributed by atoms with van der Waals surface area (Å²) >= 11 is 0. The van der Waals surface area contributed by atoms with E-state index in [9.17, 15) is 9.59 Å². The first-order valence-corrected chi connectivity index (χ1v) is 4.02. The molecule has 2 rings (SSSR count). The molecule has 0 aromatic carbocycles. The Morgan fingerprint density at radius 3 is 2.71 bits per heavy atom. The monoisotopic (exact) mass is 193 g/mol. The minimum Gasteiger partial charge on any atom is -0.476 e. The highest BCUT2D eigenvalue weighted by Crippen LogP contribution is 2.23. The summed E-state index contributed by atoms with van der Waals surface area (Å²) in [5.41, 5.74) is 5.60. The number of Topliss-reactive ketones (excluding diaryl/α,β-unsaturated/α-hetero) is 1. The summed E-state index contributed by atoms with van der Waals surface area (Å²) in [7, 11) is 0. The van der Waals surface area contributed by atoms with Crippen molar-refractivity contribution < 1.29 is 14.7 Å². The van der Waals surface area contributed by atoms with E-state index in [-0.39, 0.29) is 29.4 Å². The van der Waals surface area contributed by atoms with Gasteiger partial charge in [-0.05, 0) is 6.42 Å². The van der Waals surface area contributed by atoms with Gasteiger partial charge in [-0.25, -0.2) is 14.8 Å². The molecule has 0 radical (unpaired) electrons.